The van der Waals surface area contributed by atoms with Crippen molar-refractivity contribution in [1.82, 2.24) is 24.8 Å². The molecule has 0 saturated carbocycles. The van der Waals surface area contributed by atoms with Gasteiger partial charge in [0.1, 0.15) is 5.75 Å². The highest BCUT2D eigenvalue weighted by atomic mass is 32.1. The van der Waals surface area contributed by atoms with E-state index in [1.807, 2.05) is 54.0 Å². The third-order valence-corrected chi connectivity index (χ3v) is 7.67. The van der Waals surface area contributed by atoms with Gasteiger partial charge in [0.15, 0.2) is 10.2 Å². The lowest BCUT2D eigenvalue weighted by molar-refractivity contribution is -0.116. The van der Waals surface area contributed by atoms with Crippen LogP contribution in [0.5, 0.6) is 5.75 Å². The molecule has 8 nitrogen and oxygen atoms in total. The topological polar surface area (TPSA) is 84.3 Å². The molecule has 0 spiro atoms. The molecule has 0 radical (unpaired) electrons. The van der Waals surface area contributed by atoms with Crippen LogP contribution >= 0.6 is 23.6 Å². The number of aryl methyl sites for hydroxylation is 1. The van der Waals surface area contributed by atoms with E-state index in [-0.39, 0.29) is 24.4 Å². The first kappa shape index (κ1) is 24.9. The molecule has 1 amide bonds. The lowest BCUT2D eigenvalue weighted by Gasteiger charge is -2.28. The van der Waals surface area contributed by atoms with Gasteiger partial charge in [-0.2, -0.15) is 0 Å². The molecule has 2 atom stereocenters. The number of anilines is 1. The van der Waals surface area contributed by atoms with Crippen LogP contribution in [0, 0.1) is 13.8 Å². The molecule has 2 N–H and O–H groups in total. The van der Waals surface area contributed by atoms with Crippen LogP contribution in [0.3, 0.4) is 0 Å². The van der Waals surface area contributed by atoms with E-state index in [1.165, 1.54) is 0 Å². The smallest absolute Gasteiger partial charge is 0.226 e. The zero-order chi connectivity index (χ0) is 25.9. The van der Waals surface area contributed by atoms with Crippen molar-refractivity contribution in [2.45, 2.75) is 32.4 Å². The molecule has 1 fully saturated rings. The molecule has 0 bridgehead atoms. The zero-order valence-corrected chi connectivity index (χ0v) is 22.5. The lowest BCUT2D eigenvalue weighted by atomic mass is 9.96. The number of nitrogens with one attached hydrogen (secondary N) is 2. The predicted octanol–water partition coefficient (Wildman–Crippen LogP) is 4.96. The first-order valence-corrected chi connectivity index (χ1v) is 13.3. The Kier molecular flexibility index (Phi) is 7.20. The molecule has 1 aliphatic rings. The highest BCUT2D eigenvalue weighted by Gasteiger charge is 2.41. The molecule has 10 heteroatoms. The van der Waals surface area contributed by atoms with Crippen molar-refractivity contribution >= 4 is 40.3 Å². The molecule has 5 rings (SSSR count). The number of methoxy groups -OCH3 is 1. The van der Waals surface area contributed by atoms with E-state index in [9.17, 15) is 4.79 Å². The molecule has 1 saturated heterocycles. The Labute approximate surface area is 225 Å². The molecule has 0 unspecified atom stereocenters. The number of nitrogens with zero attached hydrogens (tertiary/aromatic N) is 4. The van der Waals surface area contributed by atoms with E-state index in [0.29, 0.717) is 23.1 Å². The number of amides is 1. The summed E-state index contributed by atoms with van der Waals surface area (Å²) in [5.41, 5.74) is 4.85. The van der Waals surface area contributed by atoms with Crippen LogP contribution in [-0.4, -0.2) is 44.1 Å². The molecule has 4 heterocycles. The molecule has 1 aromatic carbocycles. The van der Waals surface area contributed by atoms with Gasteiger partial charge in [-0.3, -0.25) is 14.3 Å². The number of hydrogen-bond acceptors (Lipinski definition) is 6. The second-order valence-corrected chi connectivity index (χ2v) is 10.1. The maximum Gasteiger partial charge on any atom is 0.226 e. The Bertz CT molecular complexity index is 1400. The predicted molar refractivity (Wildman–Crippen MR) is 149 cm³/mol. The summed E-state index contributed by atoms with van der Waals surface area (Å²) in [5.74, 6) is 0.512. The number of aromatic nitrogens is 3. The van der Waals surface area contributed by atoms with Crippen LogP contribution in [0.2, 0.25) is 0 Å². The highest BCUT2D eigenvalue weighted by Crippen LogP contribution is 2.41. The van der Waals surface area contributed by atoms with Crippen LogP contribution in [0.4, 0.5) is 5.69 Å². The first-order chi connectivity index (χ1) is 18.0. The normalized spacial score (nSPS) is 17.1. The van der Waals surface area contributed by atoms with E-state index in [1.54, 1.807) is 24.6 Å². The summed E-state index contributed by atoms with van der Waals surface area (Å²) in [6, 6.07) is 15.2. The first-order valence-electron chi connectivity index (χ1n) is 12.0. The Hall–Kier alpha value is -3.76. The summed E-state index contributed by atoms with van der Waals surface area (Å²) in [4.78, 5) is 24.2. The number of thiazole rings is 1. The lowest BCUT2D eigenvalue weighted by Crippen LogP contribution is -2.33. The van der Waals surface area contributed by atoms with Gasteiger partial charge in [-0.25, -0.2) is 4.98 Å². The fourth-order valence-electron chi connectivity index (χ4n) is 4.88. The summed E-state index contributed by atoms with van der Waals surface area (Å²) < 4.78 is 7.54. The second-order valence-electron chi connectivity index (χ2n) is 8.80. The van der Waals surface area contributed by atoms with E-state index in [2.05, 4.69) is 50.0 Å². The standard InChI is InChI=1S/C27H28N6O2S2/c1-17-16-19(18(2)33(17)27-29-13-15-37-27)25-24(21-9-6-7-12-28-21)31-26(36)32(25)14-11-23(34)30-20-8-4-5-10-22(20)35-3/h4-10,12-13,15-16,24-25H,11,14H2,1-3H3,(H,30,34)(H,31,36)/t24-,25+/m1/s1. The monoisotopic (exact) mass is 532 g/mol. The molecule has 3 aromatic heterocycles. The summed E-state index contributed by atoms with van der Waals surface area (Å²) >= 11 is 7.39. The summed E-state index contributed by atoms with van der Waals surface area (Å²) in [6.45, 7) is 4.63. The molecule has 190 valence electrons. The Balaban J connectivity index is 1.44. The van der Waals surface area contributed by atoms with Gasteiger partial charge < -0.3 is 20.3 Å². The van der Waals surface area contributed by atoms with Gasteiger partial charge in [-0.1, -0.05) is 18.2 Å². The van der Waals surface area contributed by atoms with Gasteiger partial charge in [0, 0.05) is 42.1 Å². The minimum absolute atomic E-state index is 0.111. The van der Waals surface area contributed by atoms with Crippen molar-refractivity contribution in [3.05, 3.63) is 88.9 Å². The maximum absolute atomic E-state index is 12.9. The van der Waals surface area contributed by atoms with Gasteiger partial charge in [-0.15, -0.1) is 11.3 Å². The van der Waals surface area contributed by atoms with Crippen LogP contribution in [0.25, 0.3) is 5.13 Å². The molecule has 4 aromatic rings. The number of pyridine rings is 1. The van der Waals surface area contributed by atoms with Gasteiger partial charge in [0.2, 0.25) is 5.91 Å². The third-order valence-electron chi connectivity index (χ3n) is 6.56. The number of thiocarbonyl (C=S) groups is 1. The van der Waals surface area contributed by atoms with E-state index >= 15 is 0 Å². The number of rotatable bonds is 8. The van der Waals surface area contributed by atoms with Crippen molar-refractivity contribution in [3.63, 3.8) is 0 Å². The second kappa shape index (κ2) is 10.7. The Morgan fingerprint density at radius 2 is 1.97 bits per heavy atom. The fourth-order valence-corrected chi connectivity index (χ4v) is 5.96. The maximum atomic E-state index is 12.9. The van der Waals surface area contributed by atoms with Gasteiger partial charge in [0.05, 0.1) is 30.6 Å². The SMILES string of the molecule is COc1ccccc1NC(=O)CCN1C(=S)N[C@H](c2ccccn2)[C@@H]1c1cc(C)n(-c2nccs2)c1C. The van der Waals surface area contributed by atoms with Crippen LogP contribution in [-0.2, 0) is 4.79 Å². The van der Waals surface area contributed by atoms with Crippen LogP contribution in [0.15, 0.2) is 66.3 Å². The van der Waals surface area contributed by atoms with Crippen LogP contribution < -0.4 is 15.4 Å². The number of carbonyl (C=O) groups excluding carboxylic acids is 1. The van der Waals surface area contributed by atoms with Crippen molar-refractivity contribution in [1.29, 1.82) is 0 Å². The average Bonchev–Trinajstić information content (AvgIpc) is 3.61. The number of ether oxygens (including phenoxy) is 1. The molecular formula is C27H28N6O2S2. The van der Waals surface area contributed by atoms with Crippen molar-refractivity contribution in [3.8, 4) is 10.9 Å². The van der Waals surface area contributed by atoms with E-state index < -0.39 is 0 Å². The van der Waals surface area contributed by atoms with Crippen molar-refractivity contribution < 1.29 is 9.53 Å². The largest absolute Gasteiger partial charge is 0.495 e. The van der Waals surface area contributed by atoms with Gasteiger partial charge in [-0.05, 0) is 62.0 Å². The minimum atomic E-state index is -0.156. The Morgan fingerprint density at radius 3 is 2.70 bits per heavy atom. The van der Waals surface area contributed by atoms with Crippen LogP contribution in [0.1, 0.15) is 41.1 Å². The molecule has 0 aliphatic carbocycles. The number of para-hydroxylation sites is 2. The third kappa shape index (κ3) is 4.94. The van der Waals surface area contributed by atoms with Gasteiger partial charge >= 0.3 is 0 Å². The average molecular weight is 533 g/mol. The van der Waals surface area contributed by atoms with Crippen molar-refractivity contribution in [2.24, 2.45) is 0 Å². The summed E-state index contributed by atoms with van der Waals surface area (Å²) in [5, 5.41) is 9.94. The van der Waals surface area contributed by atoms with E-state index in [0.717, 1.165) is 27.8 Å². The highest BCUT2D eigenvalue weighted by molar-refractivity contribution is 7.80. The van der Waals surface area contributed by atoms with Gasteiger partial charge in [0.25, 0.3) is 0 Å². The van der Waals surface area contributed by atoms with E-state index in [4.69, 9.17) is 17.0 Å². The fraction of sp³-hybridized carbons (Fsp3) is 0.259. The number of hydrogen-bond donors (Lipinski definition) is 2. The zero-order valence-electron chi connectivity index (χ0n) is 20.8. The number of benzene rings is 1. The summed E-state index contributed by atoms with van der Waals surface area (Å²) in [7, 11) is 1.59. The molecular weight excluding hydrogens is 504 g/mol. The summed E-state index contributed by atoms with van der Waals surface area (Å²) in [6.07, 6.45) is 3.87. The molecule has 1 aliphatic heterocycles. The van der Waals surface area contributed by atoms with Crippen molar-refractivity contribution in [2.75, 3.05) is 19.0 Å². The Morgan fingerprint density at radius 1 is 1.16 bits per heavy atom. The number of carbonyl (C=O) groups is 1. The quantitative estimate of drug-likeness (QED) is 0.311. The molecule has 37 heavy (non-hydrogen) atoms. The minimum Gasteiger partial charge on any atom is -0.495 e.